The Kier molecular flexibility index (Phi) is 6.32. The van der Waals surface area contributed by atoms with Gasteiger partial charge in [0.1, 0.15) is 11.5 Å². The van der Waals surface area contributed by atoms with Crippen molar-refractivity contribution in [1.29, 1.82) is 0 Å². The Morgan fingerprint density at radius 3 is 2.40 bits per heavy atom. The van der Waals surface area contributed by atoms with Gasteiger partial charge in [-0.15, -0.1) is 0 Å². The Hall–Kier alpha value is -3.87. The number of hydrogen-bond donors (Lipinski definition) is 1. The highest BCUT2D eigenvalue weighted by molar-refractivity contribution is 5.97. The van der Waals surface area contributed by atoms with Crippen LogP contribution in [0.5, 0.6) is 5.75 Å². The van der Waals surface area contributed by atoms with Gasteiger partial charge in [0, 0.05) is 22.9 Å². The first kappa shape index (κ1) is 20.9. The van der Waals surface area contributed by atoms with E-state index in [0.29, 0.717) is 28.3 Å². The summed E-state index contributed by atoms with van der Waals surface area (Å²) in [6, 6.07) is 16.8. The number of carbonyl (C=O) groups is 3. The van der Waals surface area contributed by atoms with Crippen LogP contribution in [0.3, 0.4) is 0 Å². The van der Waals surface area contributed by atoms with Crippen LogP contribution in [0.2, 0.25) is 0 Å². The summed E-state index contributed by atoms with van der Waals surface area (Å²) in [5.74, 6) is -0.256. The number of amides is 1. The zero-order chi connectivity index (χ0) is 21.7. The lowest BCUT2D eigenvalue weighted by Gasteiger charge is -2.13. The maximum absolute atomic E-state index is 12.3. The summed E-state index contributed by atoms with van der Waals surface area (Å²) < 4.78 is 15.9. The highest BCUT2D eigenvalue weighted by Crippen LogP contribution is 2.23. The summed E-state index contributed by atoms with van der Waals surface area (Å²) in [5, 5.41) is 2.66. The van der Waals surface area contributed by atoms with E-state index in [9.17, 15) is 14.4 Å². The molecule has 0 fully saturated rings. The second kappa shape index (κ2) is 9.09. The first-order valence-corrected chi connectivity index (χ1v) is 9.24. The minimum Gasteiger partial charge on any atom is -0.497 e. The van der Waals surface area contributed by atoms with Crippen LogP contribution in [-0.4, -0.2) is 30.9 Å². The topological polar surface area (TPSA) is 94.8 Å². The fourth-order valence-electron chi connectivity index (χ4n) is 2.69. The largest absolute Gasteiger partial charge is 0.497 e. The lowest BCUT2D eigenvalue weighted by atomic mass is 10.1. The van der Waals surface area contributed by atoms with E-state index in [0.717, 1.165) is 0 Å². The molecule has 0 radical (unpaired) electrons. The lowest BCUT2D eigenvalue weighted by molar-refractivity contribution is -0.123. The van der Waals surface area contributed by atoms with E-state index in [-0.39, 0.29) is 11.5 Å². The van der Waals surface area contributed by atoms with E-state index >= 15 is 0 Å². The Bertz CT molecular complexity index is 1070. The third-order valence-electron chi connectivity index (χ3n) is 4.37. The van der Waals surface area contributed by atoms with Gasteiger partial charge in [0.15, 0.2) is 11.9 Å². The first-order valence-electron chi connectivity index (χ1n) is 9.24. The molecule has 1 amide bonds. The molecule has 1 heterocycles. The number of furan rings is 1. The summed E-state index contributed by atoms with van der Waals surface area (Å²) in [6.07, 6.45) is -1.04. The second-order valence-electron chi connectivity index (χ2n) is 6.57. The average Bonchev–Trinajstić information content (AvgIpc) is 3.24. The molecule has 0 aliphatic heterocycles. The smallest absolute Gasteiger partial charge is 0.375 e. The molecule has 3 rings (SSSR count). The molecule has 0 aliphatic rings. The summed E-state index contributed by atoms with van der Waals surface area (Å²) >= 11 is 0. The number of esters is 1. The molecule has 1 N–H and O–H groups in total. The third kappa shape index (κ3) is 4.94. The van der Waals surface area contributed by atoms with E-state index < -0.39 is 18.0 Å². The van der Waals surface area contributed by atoms with Gasteiger partial charge < -0.3 is 19.2 Å². The van der Waals surface area contributed by atoms with E-state index in [1.54, 1.807) is 54.6 Å². The van der Waals surface area contributed by atoms with Crippen molar-refractivity contribution < 1.29 is 28.3 Å². The van der Waals surface area contributed by atoms with Gasteiger partial charge in [-0.3, -0.25) is 9.59 Å². The molecule has 7 heteroatoms. The Morgan fingerprint density at radius 1 is 1.00 bits per heavy atom. The van der Waals surface area contributed by atoms with Crippen LogP contribution in [0.25, 0.3) is 11.3 Å². The minimum atomic E-state index is -1.04. The van der Waals surface area contributed by atoms with Crippen molar-refractivity contribution >= 4 is 23.3 Å². The zero-order valence-electron chi connectivity index (χ0n) is 16.8. The summed E-state index contributed by atoms with van der Waals surface area (Å²) in [4.78, 5) is 36.0. The predicted molar refractivity (Wildman–Crippen MR) is 111 cm³/mol. The number of hydrogen-bond acceptors (Lipinski definition) is 6. The molecule has 1 aromatic heterocycles. The lowest BCUT2D eigenvalue weighted by Crippen LogP contribution is -2.29. The van der Waals surface area contributed by atoms with Crippen LogP contribution in [-0.2, 0) is 9.53 Å². The molecule has 30 heavy (non-hydrogen) atoms. The number of ether oxygens (including phenoxy) is 2. The Labute approximate surface area is 173 Å². The number of nitrogens with one attached hydrogen (secondary N) is 1. The monoisotopic (exact) mass is 407 g/mol. The van der Waals surface area contributed by atoms with Gasteiger partial charge in [0.2, 0.25) is 5.76 Å². The van der Waals surface area contributed by atoms with E-state index in [4.69, 9.17) is 13.9 Å². The van der Waals surface area contributed by atoms with E-state index in [2.05, 4.69) is 5.32 Å². The highest BCUT2D eigenvalue weighted by atomic mass is 16.6. The molecule has 154 valence electrons. The van der Waals surface area contributed by atoms with Gasteiger partial charge >= 0.3 is 5.97 Å². The van der Waals surface area contributed by atoms with Crippen LogP contribution in [0, 0.1) is 0 Å². The van der Waals surface area contributed by atoms with Crippen molar-refractivity contribution in [3.8, 4) is 17.1 Å². The van der Waals surface area contributed by atoms with Crippen LogP contribution in [0.4, 0.5) is 5.69 Å². The molecule has 0 aliphatic carbocycles. The third-order valence-corrected chi connectivity index (χ3v) is 4.37. The van der Waals surface area contributed by atoms with Crippen LogP contribution < -0.4 is 10.1 Å². The first-order chi connectivity index (χ1) is 14.4. The van der Waals surface area contributed by atoms with Crippen molar-refractivity contribution in [1.82, 2.24) is 0 Å². The highest BCUT2D eigenvalue weighted by Gasteiger charge is 2.21. The van der Waals surface area contributed by atoms with Gasteiger partial charge in [-0.2, -0.15) is 0 Å². The van der Waals surface area contributed by atoms with E-state index in [1.807, 2.05) is 0 Å². The van der Waals surface area contributed by atoms with Gasteiger partial charge in [0.25, 0.3) is 5.91 Å². The fourth-order valence-corrected chi connectivity index (χ4v) is 2.69. The maximum Gasteiger partial charge on any atom is 0.375 e. The second-order valence-corrected chi connectivity index (χ2v) is 6.57. The SMILES string of the molecule is COc1cccc(NC(=O)[C@H](C)OC(=O)c2ccc(-c3ccc(C(C)=O)cc3)o2)c1. The normalized spacial score (nSPS) is 11.4. The van der Waals surface area contributed by atoms with Crippen LogP contribution in [0.1, 0.15) is 34.8 Å². The number of carbonyl (C=O) groups excluding carboxylic acids is 3. The van der Waals surface area contributed by atoms with Crippen molar-refractivity contribution in [3.05, 3.63) is 72.0 Å². The molecule has 0 saturated carbocycles. The average molecular weight is 407 g/mol. The van der Waals surface area contributed by atoms with Crippen molar-refractivity contribution in [2.75, 3.05) is 12.4 Å². The van der Waals surface area contributed by atoms with Crippen LogP contribution >= 0.6 is 0 Å². The van der Waals surface area contributed by atoms with Crippen molar-refractivity contribution in [2.45, 2.75) is 20.0 Å². The standard InChI is InChI=1S/C23H21NO6/c1-14(25)16-7-9-17(10-8-16)20-11-12-21(30-20)23(27)29-15(2)22(26)24-18-5-4-6-19(13-18)28-3/h4-13,15H,1-3H3,(H,24,26)/t15-/m0/s1. The number of methoxy groups -OCH3 is 1. The summed E-state index contributed by atoms with van der Waals surface area (Å²) in [7, 11) is 1.53. The molecule has 3 aromatic rings. The number of rotatable bonds is 7. The van der Waals surface area contributed by atoms with Gasteiger partial charge in [-0.1, -0.05) is 30.3 Å². The summed E-state index contributed by atoms with van der Waals surface area (Å²) in [6.45, 7) is 2.96. The number of benzene rings is 2. The predicted octanol–water partition coefficient (Wildman–Crippen LogP) is 4.34. The zero-order valence-corrected chi connectivity index (χ0v) is 16.8. The minimum absolute atomic E-state index is 0.0262. The number of ketones is 1. The molecule has 7 nitrogen and oxygen atoms in total. The van der Waals surface area contributed by atoms with Gasteiger partial charge in [-0.25, -0.2) is 4.79 Å². The molecule has 0 saturated heterocycles. The Morgan fingerprint density at radius 2 is 1.73 bits per heavy atom. The molecule has 0 bridgehead atoms. The molecule has 0 unspecified atom stereocenters. The van der Waals surface area contributed by atoms with Gasteiger partial charge in [0.05, 0.1) is 7.11 Å². The molecular formula is C23H21NO6. The quantitative estimate of drug-likeness (QED) is 0.462. The molecule has 1 atom stereocenters. The van der Waals surface area contributed by atoms with Crippen molar-refractivity contribution in [2.24, 2.45) is 0 Å². The van der Waals surface area contributed by atoms with E-state index in [1.165, 1.54) is 27.0 Å². The summed E-state index contributed by atoms with van der Waals surface area (Å²) in [5.41, 5.74) is 1.82. The van der Waals surface area contributed by atoms with Gasteiger partial charge in [-0.05, 0) is 38.1 Å². The molecular weight excluding hydrogens is 386 g/mol. The molecule has 2 aromatic carbocycles. The maximum atomic E-state index is 12.3. The number of Topliss-reactive ketones (excluding diaryl/α,β-unsaturated/α-hetero) is 1. The fraction of sp³-hybridized carbons (Fsp3) is 0.174. The molecule has 0 spiro atoms. The Balaban J connectivity index is 1.62. The van der Waals surface area contributed by atoms with Crippen LogP contribution in [0.15, 0.2) is 65.1 Å². The van der Waals surface area contributed by atoms with Crippen molar-refractivity contribution in [3.63, 3.8) is 0 Å². The number of anilines is 1.